The van der Waals surface area contributed by atoms with Gasteiger partial charge in [0.1, 0.15) is 48.8 Å². The van der Waals surface area contributed by atoms with E-state index in [0.29, 0.717) is 17.6 Å². The Morgan fingerprint density at radius 3 is 2.19 bits per heavy atom. The molecule has 8 N–H and O–H groups in total. The molecule has 0 saturated carbocycles. The molecule has 0 radical (unpaired) electrons. The Kier molecular flexibility index (Phi) is 11.3. The lowest BCUT2D eigenvalue weighted by Gasteiger charge is -2.46. The summed E-state index contributed by atoms with van der Waals surface area (Å²) in [6.45, 7) is 2.00. The van der Waals surface area contributed by atoms with Crippen molar-refractivity contribution < 1.29 is 74.1 Å². The quantitative estimate of drug-likeness (QED) is 0.0865. The molecule has 15 heteroatoms. The summed E-state index contributed by atoms with van der Waals surface area (Å²) >= 11 is 0. The molecule has 13 atom stereocenters. The van der Waals surface area contributed by atoms with Crippen LogP contribution in [-0.4, -0.2) is 141 Å². The third kappa shape index (κ3) is 6.98. The number of rotatable bonds is 11. The van der Waals surface area contributed by atoms with Crippen molar-refractivity contribution in [3.05, 3.63) is 23.5 Å². The Bertz CT molecular complexity index is 967. The van der Waals surface area contributed by atoms with E-state index in [1.165, 1.54) is 6.26 Å². The van der Waals surface area contributed by atoms with E-state index in [1.54, 1.807) is 0 Å². The van der Waals surface area contributed by atoms with Gasteiger partial charge >= 0.3 is 5.97 Å². The summed E-state index contributed by atoms with van der Waals surface area (Å²) in [6.07, 6.45) is -12.6. The topological polar surface area (TPSA) is 234 Å². The molecule has 0 aromatic rings. The molecule has 3 heterocycles. The molecule has 0 spiro atoms. The van der Waals surface area contributed by atoms with Crippen LogP contribution in [0.15, 0.2) is 23.5 Å². The van der Waals surface area contributed by atoms with Crippen molar-refractivity contribution in [3.8, 4) is 0 Å². The predicted octanol–water partition coefficient (Wildman–Crippen LogP) is -2.99. The Balaban J connectivity index is 1.39. The van der Waals surface area contributed by atoms with Gasteiger partial charge < -0.3 is 69.3 Å². The molecule has 0 aromatic heterocycles. The fourth-order valence-electron chi connectivity index (χ4n) is 5.69. The highest BCUT2D eigenvalue weighted by Gasteiger charge is 2.51. The number of fused-ring (bicyclic) bond motifs is 1. The summed E-state index contributed by atoms with van der Waals surface area (Å²) in [7, 11) is 0. The highest BCUT2D eigenvalue weighted by molar-refractivity contribution is 5.69. The van der Waals surface area contributed by atoms with Crippen molar-refractivity contribution in [2.75, 3.05) is 26.4 Å². The van der Waals surface area contributed by atoms with Crippen LogP contribution in [0.2, 0.25) is 0 Å². The van der Waals surface area contributed by atoms with Gasteiger partial charge in [-0.3, -0.25) is 4.79 Å². The molecule has 240 valence electrons. The first-order valence-electron chi connectivity index (χ1n) is 14.0. The lowest BCUT2D eigenvalue weighted by Crippen LogP contribution is -2.64. The molecule has 3 aliphatic heterocycles. The van der Waals surface area contributed by atoms with Crippen LogP contribution in [0.1, 0.15) is 26.7 Å². The molecule has 0 aromatic carbocycles. The highest BCUT2D eigenvalue weighted by atomic mass is 16.7. The number of allylic oxidation sites excluding steroid dienone is 1. The molecule has 42 heavy (non-hydrogen) atoms. The zero-order valence-corrected chi connectivity index (χ0v) is 23.4. The van der Waals surface area contributed by atoms with Gasteiger partial charge in [0, 0.05) is 12.3 Å². The molecule has 13 unspecified atom stereocenters. The molecule has 15 nitrogen and oxygen atoms in total. The minimum Gasteiger partial charge on any atom is -0.462 e. The van der Waals surface area contributed by atoms with Crippen LogP contribution in [0.3, 0.4) is 0 Å². The van der Waals surface area contributed by atoms with E-state index in [4.69, 9.17) is 28.4 Å². The molecular weight excluding hydrogens is 564 g/mol. The summed E-state index contributed by atoms with van der Waals surface area (Å²) < 4.78 is 33.6. The van der Waals surface area contributed by atoms with E-state index < -0.39 is 92.8 Å². The molecule has 2 saturated heterocycles. The number of carbonyl (C=O) groups is 1. The first-order valence-corrected chi connectivity index (χ1v) is 14.0. The maximum atomic E-state index is 12.3. The Morgan fingerprint density at radius 2 is 1.55 bits per heavy atom. The molecule has 4 rings (SSSR count). The fraction of sp³-hybridized carbons (Fsp3) is 0.815. The number of aliphatic hydroxyl groups excluding tert-OH is 8. The standard InChI is InChI=1S/C27H42O15/c1-11(2)5-17(31)41-25-18-12(6-28)3-4-14(18)13(9-37-25)10-38-26-23(36)21(34)24(16(8-30)40-26)42-27-22(35)20(33)19(32)15(7-29)39-27/h3,9,11,14-16,18-30,32-36H,4-8,10H2,1-2H3. The summed E-state index contributed by atoms with van der Waals surface area (Å²) in [5.41, 5.74) is 1.28. The van der Waals surface area contributed by atoms with E-state index in [0.717, 1.165) is 0 Å². The van der Waals surface area contributed by atoms with Gasteiger partial charge in [0.15, 0.2) is 12.6 Å². The van der Waals surface area contributed by atoms with Crippen molar-refractivity contribution >= 4 is 5.97 Å². The molecule has 0 bridgehead atoms. The zero-order chi connectivity index (χ0) is 30.7. The maximum absolute atomic E-state index is 12.3. The van der Waals surface area contributed by atoms with Crippen LogP contribution in [0.4, 0.5) is 0 Å². The summed E-state index contributed by atoms with van der Waals surface area (Å²) in [5, 5.41) is 81.1. The third-order valence-corrected chi connectivity index (χ3v) is 8.00. The lowest BCUT2D eigenvalue weighted by molar-refractivity contribution is -0.358. The number of ether oxygens (including phenoxy) is 6. The van der Waals surface area contributed by atoms with Gasteiger partial charge in [0.25, 0.3) is 0 Å². The number of aliphatic hydroxyl groups is 8. The average Bonchev–Trinajstić information content (AvgIpc) is 3.40. The number of hydrogen-bond donors (Lipinski definition) is 8. The summed E-state index contributed by atoms with van der Waals surface area (Å²) in [5.74, 6) is -1.01. The summed E-state index contributed by atoms with van der Waals surface area (Å²) in [4.78, 5) is 12.3. The van der Waals surface area contributed by atoms with Crippen LogP contribution in [0, 0.1) is 17.8 Å². The van der Waals surface area contributed by atoms with E-state index in [2.05, 4.69) is 0 Å². The van der Waals surface area contributed by atoms with Crippen molar-refractivity contribution in [2.24, 2.45) is 17.8 Å². The van der Waals surface area contributed by atoms with Crippen molar-refractivity contribution in [2.45, 2.75) is 94.4 Å². The first kappa shape index (κ1) is 33.2. The molecule has 4 aliphatic rings. The molecule has 0 amide bonds. The average molecular weight is 607 g/mol. The van der Waals surface area contributed by atoms with E-state index in [9.17, 15) is 45.6 Å². The van der Waals surface area contributed by atoms with Crippen molar-refractivity contribution in [3.63, 3.8) is 0 Å². The van der Waals surface area contributed by atoms with Crippen molar-refractivity contribution in [1.82, 2.24) is 0 Å². The van der Waals surface area contributed by atoms with Gasteiger partial charge in [0.05, 0.1) is 38.6 Å². The van der Waals surface area contributed by atoms with Gasteiger partial charge in [-0.1, -0.05) is 19.9 Å². The van der Waals surface area contributed by atoms with Gasteiger partial charge in [-0.25, -0.2) is 0 Å². The van der Waals surface area contributed by atoms with Crippen LogP contribution in [0.25, 0.3) is 0 Å². The number of hydrogen-bond acceptors (Lipinski definition) is 15. The van der Waals surface area contributed by atoms with Crippen molar-refractivity contribution in [1.29, 1.82) is 0 Å². The fourth-order valence-corrected chi connectivity index (χ4v) is 5.69. The minimum absolute atomic E-state index is 0.0926. The van der Waals surface area contributed by atoms with Crippen LogP contribution in [0.5, 0.6) is 0 Å². The smallest absolute Gasteiger partial charge is 0.309 e. The Labute approximate surface area is 242 Å². The van der Waals surface area contributed by atoms with Gasteiger partial charge in [0.2, 0.25) is 6.29 Å². The van der Waals surface area contributed by atoms with E-state index in [1.807, 2.05) is 19.9 Å². The SMILES string of the molecule is CC(C)CC(=O)OC1OC=C(COC2OC(CO)C(OC3OC(CO)C(O)C(O)C3O)C(O)C2O)C2CC=C(CO)C12. The van der Waals surface area contributed by atoms with Crippen LogP contribution in [-0.2, 0) is 33.2 Å². The van der Waals surface area contributed by atoms with E-state index in [-0.39, 0.29) is 31.5 Å². The Hall–Kier alpha value is -1.73. The Morgan fingerprint density at radius 1 is 0.881 bits per heavy atom. The van der Waals surface area contributed by atoms with Crippen LogP contribution < -0.4 is 0 Å². The number of esters is 1. The monoisotopic (exact) mass is 606 g/mol. The zero-order valence-electron chi connectivity index (χ0n) is 23.4. The maximum Gasteiger partial charge on any atom is 0.309 e. The minimum atomic E-state index is -1.77. The molecule has 2 fully saturated rings. The first-order chi connectivity index (χ1) is 20.0. The molecular formula is C27H42O15. The predicted molar refractivity (Wildman–Crippen MR) is 138 cm³/mol. The largest absolute Gasteiger partial charge is 0.462 e. The highest BCUT2D eigenvalue weighted by Crippen LogP contribution is 2.43. The van der Waals surface area contributed by atoms with Gasteiger partial charge in [-0.05, 0) is 23.5 Å². The van der Waals surface area contributed by atoms with E-state index >= 15 is 0 Å². The second kappa shape index (κ2) is 14.4. The second-order valence-corrected chi connectivity index (χ2v) is 11.4. The normalized spacial score (nSPS) is 42.0. The van der Waals surface area contributed by atoms with Gasteiger partial charge in [-0.15, -0.1) is 0 Å². The molecule has 1 aliphatic carbocycles. The third-order valence-electron chi connectivity index (χ3n) is 8.00. The van der Waals surface area contributed by atoms with Crippen LogP contribution >= 0.6 is 0 Å². The lowest BCUT2D eigenvalue weighted by atomic mass is 9.84. The second-order valence-electron chi connectivity index (χ2n) is 11.4. The van der Waals surface area contributed by atoms with Gasteiger partial charge in [-0.2, -0.15) is 0 Å². The summed E-state index contributed by atoms with van der Waals surface area (Å²) in [6, 6.07) is 0. The number of carbonyl (C=O) groups excluding carboxylic acids is 1.